The molecule has 1 fully saturated rings. The van der Waals surface area contributed by atoms with E-state index in [0.29, 0.717) is 10.7 Å². The van der Waals surface area contributed by atoms with Crippen molar-refractivity contribution < 1.29 is 9.50 Å². The van der Waals surface area contributed by atoms with Gasteiger partial charge in [0.15, 0.2) is 5.11 Å². The second-order valence-electron chi connectivity index (χ2n) is 7.75. The first-order valence-corrected chi connectivity index (χ1v) is 10.7. The number of aryl methyl sites for hydroxylation is 1. The molecule has 0 bridgehead atoms. The number of nitrogens with one attached hydrogen (secondary N) is 1. The van der Waals surface area contributed by atoms with Crippen molar-refractivity contribution in [3.63, 3.8) is 0 Å². The minimum atomic E-state index is -0.253. The maximum absolute atomic E-state index is 14.0. The zero-order valence-corrected chi connectivity index (χ0v) is 18.1. The number of hydrogen-bond donors (Lipinski definition) is 2. The maximum Gasteiger partial charge on any atom is 0.174 e. The van der Waals surface area contributed by atoms with Gasteiger partial charge in [-0.1, -0.05) is 6.07 Å². The van der Waals surface area contributed by atoms with Crippen molar-refractivity contribution in [1.29, 1.82) is 0 Å². The molecule has 2 N–H and O–H groups in total. The Balaban J connectivity index is 1.67. The van der Waals surface area contributed by atoms with E-state index in [4.69, 9.17) is 12.2 Å². The smallest absolute Gasteiger partial charge is 0.174 e. The van der Waals surface area contributed by atoms with Crippen LogP contribution in [0, 0.1) is 12.7 Å². The molecule has 2 atom stereocenters. The first-order chi connectivity index (χ1) is 15.5. The Hall–Kier alpha value is -3.71. The molecule has 2 aromatic heterocycles. The van der Waals surface area contributed by atoms with Crippen LogP contribution < -0.4 is 10.2 Å². The number of aromatic hydroxyl groups is 1. The first-order valence-electron chi connectivity index (χ1n) is 10.3. The molecular weight excluding hydrogens is 423 g/mol. The number of phenolic OH excluding ortho intramolecular Hbond substituents is 1. The lowest BCUT2D eigenvalue weighted by molar-refractivity contribution is 0.475. The van der Waals surface area contributed by atoms with Gasteiger partial charge in [0.2, 0.25) is 0 Å². The van der Waals surface area contributed by atoms with Gasteiger partial charge in [0.05, 0.1) is 11.7 Å². The SMILES string of the molecule is Cc1cc(N2C(=S)NC(c3ccccn3)C2c2cccn2-c2ccc(O)cc2)ccc1F. The van der Waals surface area contributed by atoms with Gasteiger partial charge >= 0.3 is 0 Å². The number of halogens is 1. The summed E-state index contributed by atoms with van der Waals surface area (Å²) >= 11 is 5.75. The summed E-state index contributed by atoms with van der Waals surface area (Å²) in [7, 11) is 0. The molecule has 2 unspecified atom stereocenters. The van der Waals surface area contributed by atoms with Crippen LogP contribution in [0.1, 0.15) is 29.0 Å². The minimum Gasteiger partial charge on any atom is -0.508 e. The molecule has 1 aliphatic heterocycles. The monoisotopic (exact) mass is 444 g/mol. The molecule has 7 heteroatoms. The molecule has 5 rings (SSSR count). The Labute approximate surface area is 190 Å². The molecule has 3 heterocycles. The maximum atomic E-state index is 14.0. The van der Waals surface area contributed by atoms with Crippen LogP contribution in [0.25, 0.3) is 5.69 Å². The van der Waals surface area contributed by atoms with Gasteiger partial charge in [-0.2, -0.15) is 0 Å². The van der Waals surface area contributed by atoms with Crippen LogP contribution in [-0.2, 0) is 0 Å². The second-order valence-corrected chi connectivity index (χ2v) is 8.14. The summed E-state index contributed by atoms with van der Waals surface area (Å²) in [6.45, 7) is 1.75. The molecule has 1 saturated heterocycles. The third-order valence-corrected chi connectivity index (χ3v) is 6.04. The van der Waals surface area contributed by atoms with Crippen molar-refractivity contribution in [2.75, 3.05) is 4.90 Å². The summed E-state index contributed by atoms with van der Waals surface area (Å²) in [5, 5.41) is 13.7. The Morgan fingerprint density at radius 1 is 1.00 bits per heavy atom. The van der Waals surface area contributed by atoms with Gasteiger partial charge in [0, 0.05) is 29.5 Å². The fraction of sp³-hybridized carbons (Fsp3) is 0.120. The molecule has 160 valence electrons. The predicted octanol–water partition coefficient (Wildman–Crippen LogP) is 5.20. The van der Waals surface area contributed by atoms with Gasteiger partial charge in [0.1, 0.15) is 17.6 Å². The van der Waals surface area contributed by atoms with E-state index in [1.54, 1.807) is 31.3 Å². The molecule has 4 aromatic rings. The highest BCUT2D eigenvalue weighted by atomic mass is 32.1. The van der Waals surface area contributed by atoms with Crippen molar-refractivity contribution in [2.45, 2.75) is 19.0 Å². The summed E-state index contributed by atoms with van der Waals surface area (Å²) in [4.78, 5) is 6.60. The van der Waals surface area contributed by atoms with Crippen LogP contribution in [0.4, 0.5) is 10.1 Å². The van der Waals surface area contributed by atoms with E-state index in [-0.39, 0.29) is 23.7 Å². The minimum absolute atomic E-state index is 0.208. The number of thiocarbonyl (C=S) groups is 1. The lowest BCUT2D eigenvalue weighted by Gasteiger charge is -2.29. The quantitative estimate of drug-likeness (QED) is 0.424. The second kappa shape index (κ2) is 8.09. The fourth-order valence-corrected chi connectivity index (χ4v) is 4.54. The van der Waals surface area contributed by atoms with E-state index in [1.807, 2.05) is 59.6 Å². The van der Waals surface area contributed by atoms with Crippen molar-refractivity contribution in [2.24, 2.45) is 0 Å². The van der Waals surface area contributed by atoms with E-state index in [0.717, 1.165) is 22.8 Å². The number of nitrogens with zero attached hydrogens (tertiary/aromatic N) is 3. The van der Waals surface area contributed by atoms with Crippen LogP contribution in [0.2, 0.25) is 0 Å². The molecule has 0 saturated carbocycles. The highest BCUT2D eigenvalue weighted by Crippen LogP contribution is 2.42. The lowest BCUT2D eigenvalue weighted by Crippen LogP contribution is -2.30. The molecule has 2 aromatic carbocycles. The molecule has 0 spiro atoms. The summed E-state index contributed by atoms with van der Waals surface area (Å²) in [5.41, 5.74) is 4.12. The molecule has 0 radical (unpaired) electrons. The molecule has 0 amide bonds. The summed E-state index contributed by atoms with van der Waals surface area (Å²) < 4.78 is 16.1. The third kappa shape index (κ3) is 3.50. The Bertz CT molecular complexity index is 1270. The van der Waals surface area contributed by atoms with Gasteiger partial charge in [-0.15, -0.1) is 0 Å². The number of pyridine rings is 1. The molecule has 32 heavy (non-hydrogen) atoms. The summed E-state index contributed by atoms with van der Waals surface area (Å²) in [5.74, 6) is -0.0435. The number of phenols is 1. The van der Waals surface area contributed by atoms with Crippen molar-refractivity contribution in [1.82, 2.24) is 14.9 Å². The fourth-order valence-electron chi connectivity index (χ4n) is 4.20. The van der Waals surface area contributed by atoms with Gasteiger partial charge < -0.3 is 19.9 Å². The van der Waals surface area contributed by atoms with Crippen LogP contribution in [0.5, 0.6) is 5.75 Å². The Morgan fingerprint density at radius 3 is 2.50 bits per heavy atom. The van der Waals surface area contributed by atoms with E-state index < -0.39 is 0 Å². The standard InChI is InChI=1S/C25H21FN4OS/c1-16-15-18(9-12-20(16)26)30-24(23(28-25(30)32)21-5-2-3-13-27-21)22-6-4-14-29(22)17-7-10-19(31)11-8-17/h2-15,23-24,31H,1H3,(H,28,32). The number of aromatic nitrogens is 2. The van der Waals surface area contributed by atoms with Gasteiger partial charge in [-0.3, -0.25) is 4.98 Å². The van der Waals surface area contributed by atoms with E-state index in [1.165, 1.54) is 6.07 Å². The largest absolute Gasteiger partial charge is 0.508 e. The van der Waals surface area contributed by atoms with Crippen molar-refractivity contribution >= 4 is 23.0 Å². The van der Waals surface area contributed by atoms with Crippen LogP contribution in [-0.4, -0.2) is 19.8 Å². The van der Waals surface area contributed by atoms with E-state index in [2.05, 4.69) is 14.9 Å². The highest BCUT2D eigenvalue weighted by molar-refractivity contribution is 7.80. The average molecular weight is 445 g/mol. The third-order valence-electron chi connectivity index (χ3n) is 5.73. The number of hydrogen-bond acceptors (Lipinski definition) is 3. The molecular formula is C25H21FN4OS. The van der Waals surface area contributed by atoms with Crippen molar-refractivity contribution in [3.05, 3.63) is 108 Å². The Kier molecular flexibility index (Phi) is 5.11. The van der Waals surface area contributed by atoms with Crippen LogP contribution in [0.3, 0.4) is 0 Å². The van der Waals surface area contributed by atoms with Gasteiger partial charge in [0.25, 0.3) is 0 Å². The summed E-state index contributed by atoms with van der Waals surface area (Å²) in [6.07, 6.45) is 3.74. The number of anilines is 1. The topological polar surface area (TPSA) is 53.3 Å². The predicted molar refractivity (Wildman–Crippen MR) is 127 cm³/mol. The number of rotatable bonds is 4. The van der Waals surface area contributed by atoms with Crippen molar-refractivity contribution in [3.8, 4) is 11.4 Å². The molecule has 5 nitrogen and oxygen atoms in total. The highest BCUT2D eigenvalue weighted by Gasteiger charge is 2.42. The van der Waals surface area contributed by atoms with Crippen LogP contribution in [0.15, 0.2) is 85.2 Å². The normalized spacial score (nSPS) is 18.1. The zero-order valence-electron chi connectivity index (χ0n) is 17.3. The molecule has 0 aliphatic carbocycles. The van der Waals surface area contributed by atoms with Crippen LogP contribution >= 0.6 is 12.2 Å². The average Bonchev–Trinajstić information content (AvgIpc) is 3.41. The Morgan fingerprint density at radius 2 is 1.78 bits per heavy atom. The zero-order chi connectivity index (χ0) is 22.2. The summed E-state index contributed by atoms with van der Waals surface area (Å²) in [6, 6.07) is 21.5. The first kappa shape index (κ1) is 20.2. The number of benzene rings is 2. The van der Waals surface area contributed by atoms with Gasteiger partial charge in [-0.25, -0.2) is 4.39 Å². The molecule has 1 aliphatic rings. The lowest BCUT2D eigenvalue weighted by atomic mass is 10.0. The van der Waals surface area contributed by atoms with E-state index >= 15 is 0 Å². The van der Waals surface area contributed by atoms with Gasteiger partial charge in [-0.05, 0) is 91.4 Å². The van der Waals surface area contributed by atoms with E-state index in [9.17, 15) is 9.50 Å².